The van der Waals surface area contributed by atoms with Crippen LogP contribution in [0.5, 0.6) is 5.75 Å². The van der Waals surface area contributed by atoms with Gasteiger partial charge >= 0.3 is 11.9 Å². The van der Waals surface area contributed by atoms with Gasteiger partial charge in [0.15, 0.2) is 0 Å². The summed E-state index contributed by atoms with van der Waals surface area (Å²) in [7, 11) is -1.40. The third-order valence-corrected chi connectivity index (χ3v) is 7.92. The van der Waals surface area contributed by atoms with Crippen molar-refractivity contribution in [2.45, 2.75) is 64.2 Å². The van der Waals surface area contributed by atoms with Crippen molar-refractivity contribution in [2.24, 2.45) is 16.9 Å². The Kier molecular flexibility index (Phi) is 7.61. The largest absolute Gasteiger partial charge is 0.508 e. The molecule has 33 heavy (non-hydrogen) atoms. The van der Waals surface area contributed by atoms with Gasteiger partial charge in [0.2, 0.25) is 5.91 Å². The Hall–Kier alpha value is -2.68. The summed E-state index contributed by atoms with van der Waals surface area (Å²) in [5.74, 6) is -3.66. The Labute approximate surface area is 195 Å². The second-order valence-electron chi connectivity index (χ2n) is 10.1. The van der Waals surface area contributed by atoms with Crippen LogP contribution in [-0.2, 0) is 23.9 Å². The smallest absolute Gasteiger partial charge is 0.310 e. The summed E-state index contributed by atoms with van der Waals surface area (Å²) in [5, 5.41) is 14.4. The van der Waals surface area contributed by atoms with Gasteiger partial charge in [0.25, 0.3) is 0 Å². The van der Waals surface area contributed by atoms with Crippen molar-refractivity contribution in [3.05, 3.63) is 29.3 Å². The van der Waals surface area contributed by atoms with Gasteiger partial charge in [0, 0.05) is 32.5 Å². The number of nitrogens with zero attached hydrogens (tertiary/aromatic N) is 1. The lowest BCUT2D eigenvalue weighted by molar-refractivity contribution is -0.163. The molecule has 0 aromatic heterocycles. The second-order valence-corrected chi connectivity index (χ2v) is 15.7. The number of carbonyl (C=O) groups excluding carboxylic acids is 3. The zero-order valence-electron chi connectivity index (χ0n) is 20.0. The minimum absolute atomic E-state index is 0.0649. The molecule has 2 bridgehead atoms. The fourth-order valence-electron chi connectivity index (χ4n) is 4.70. The van der Waals surface area contributed by atoms with E-state index in [4.69, 9.17) is 9.47 Å². The number of hydrogen-bond donors (Lipinski definition) is 2. The molecule has 0 spiro atoms. The van der Waals surface area contributed by atoms with E-state index < -0.39 is 37.8 Å². The number of phenolic OH excluding ortho intramolecular Hbond substituents is 1. The SMILES string of the molecule is CCCOC(=O)[C@H]1[C@H](C(=O)OCC[Si](C)(C)C)C2C/C(=N\NC(C)=O)[C@H]1c1cc(O)ccc12. The molecule has 1 aromatic rings. The molecule has 0 heterocycles. The average molecular weight is 475 g/mol. The van der Waals surface area contributed by atoms with Crippen LogP contribution in [0.15, 0.2) is 23.3 Å². The lowest BCUT2D eigenvalue weighted by Crippen LogP contribution is -2.51. The Morgan fingerprint density at radius 3 is 2.39 bits per heavy atom. The molecule has 4 atom stereocenters. The molecule has 4 rings (SSSR count). The monoisotopic (exact) mass is 474 g/mol. The molecular weight excluding hydrogens is 440 g/mol. The number of rotatable bonds is 8. The van der Waals surface area contributed by atoms with Crippen LogP contribution in [0.4, 0.5) is 0 Å². The average Bonchev–Trinajstić information content (AvgIpc) is 2.74. The first-order valence-corrected chi connectivity index (χ1v) is 15.2. The lowest BCUT2D eigenvalue weighted by Gasteiger charge is -2.47. The number of hydrazone groups is 1. The molecule has 180 valence electrons. The van der Waals surface area contributed by atoms with E-state index in [9.17, 15) is 19.5 Å². The number of fused-ring (bicyclic) bond motifs is 2. The van der Waals surface area contributed by atoms with Crippen LogP contribution in [-0.4, -0.2) is 50.0 Å². The minimum atomic E-state index is -1.40. The number of hydrogen-bond acceptors (Lipinski definition) is 7. The topological polar surface area (TPSA) is 114 Å². The van der Waals surface area contributed by atoms with Crippen molar-refractivity contribution in [1.29, 1.82) is 0 Å². The summed E-state index contributed by atoms with van der Waals surface area (Å²) >= 11 is 0. The summed E-state index contributed by atoms with van der Waals surface area (Å²) in [6.45, 7) is 10.5. The lowest BCUT2D eigenvalue weighted by atomic mass is 9.55. The van der Waals surface area contributed by atoms with Crippen molar-refractivity contribution >= 4 is 31.6 Å². The fourth-order valence-corrected chi connectivity index (χ4v) is 5.42. The molecule has 0 saturated heterocycles. The van der Waals surface area contributed by atoms with E-state index in [2.05, 4.69) is 30.2 Å². The Morgan fingerprint density at radius 2 is 1.76 bits per heavy atom. The maximum Gasteiger partial charge on any atom is 0.310 e. The predicted molar refractivity (Wildman–Crippen MR) is 127 cm³/mol. The molecular formula is C24H34N2O6Si. The fraction of sp³-hybridized carbons (Fsp3) is 0.583. The molecule has 0 radical (unpaired) electrons. The molecule has 1 aromatic carbocycles. The zero-order valence-corrected chi connectivity index (χ0v) is 21.0. The van der Waals surface area contributed by atoms with Crippen LogP contribution < -0.4 is 5.43 Å². The van der Waals surface area contributed by atoms with Crippen LogP contribution in [0.3, 0.4) is 0 Å². The van der Waals surface area contributed by atoms with Crippen LogP contribution in [0, 0.1) is 11.8 Å². The van der Waals surface area contributed by atoms with E-state index in [1.807, 2.05) is 6.92 Å². The van der Waals surface area contributed by atoms with Crippen LogP contribution in [0.2, 0.25) is 25.7 Å². The summed E-state index contributed by atoms with van der Waals surface area (Å²) in [4.78, 5) is 38.1. The highest BCUT2D eigenvalue weighted by molar-refractivity contribution is 6.76. The first-order valence-electron chi connectivity index (χ1n) is 11.5. The molecule has 2 N–H and O–H groups in total. The number of nitrogens with one attached hydrogen (secondary N) is 1. The van der Waals surface area contributed by atoms with E-state index in [-0.39, 0.29) is 24.2 Å². The van der Waals surface area contributed by atoms with Crippen molar-refractivity contribution < 1.29 is 29.0 Å². The van der Waals surface area contributed by atoms with E-state index in [0.717, 1.165) is 17.2 Å². The van der Waals surface area contributed by atoms with Gasteiger partial charge in [-0.1, -0.05) is 32.6 Å². The van der Waals surface area contributed by atoms with Gasteiger partial charge in [-0.3, -0.25) is 14.4 Å². The number of amides is 1. The van der Waals surface area contributed by atoms with Crippen LogP contribution in [0.1, 0.15) is 49.7 Å². The summed E-state index contributed by atoms with van der Waals surface area (Å²) in [6, 6.07) is 5.84. The first kappa shape index (κ1) is 24.9. The molecule has 3 aliphatic carbocycles. The molecule has 1 unspecified atom stereocenters. The first-order chi connectivity index (χ1) is 15.5. The van der Waals surface area contributed by atoms with Gasteiger partial charge < -0.3 is 14.6 Å². The summed E-state index contributed by atoms with van der Waals surface area (Å²) < 4.78 is 11.2. The Morgan fingerprint density at radius 1 is 1.09 bits per heavy atom. The molecule has 1 fully saturated rings. The standard InChI is InChI=1S/C24H34N2O6Si/c1-6-9-31-24(30)22-20-17-12-15(28)7-8-16(17)18(13-19(20)26-25-14(2)27)21(22)23(29)32-10-11-33(3,4)5/h7-8,12,18,20-22,28H,6,9-11,13H2,1-5H3,(H,25,27)/b26-19+/t18?,20-,21-,22-/m1/s1. The predicted octanol–water partition coefficient (Wildman–Crippen LogP) is 3.54. The van der Waals surface area contributed by atoms with E-state index in [1.165, 1.54) is 6.92 Å². The van der Waals surface area contributed by atoms with Crippen molar-refractivity contribution in [2.75, 3.05) is 13.2 Å². The van der Waals surface area contributed by atoms with Crippen LogP contribution in [0.25, 0.3) is 0 Å². The molecule has 1 saturated carbocycles. The van der Waals surface area contributed by atoms with Crippen molar-refractivity contribution in [3.8, 4) is 5.75 Å². The van der Waals surface area contributed by atoms with E-state index in [0.29, 0.717) is 25.2 Å². The summed E-state index contributed by atoms with van der Waals surface area (Å²) in [5.41, 5.74) is 4.69. The highest BCUT2D eigenvalue weighted by Crippen LogP contribution is 2.55. The number of carbonyl (C=O) groups is 3. The maximum atomic E-state index is 13.3. The van der Waals surface area contributed by atoms with Gasteiger partial charge in [0.05, 0.1) is 25.0 Å². The Balaban J connectivity index is 2.03. The summed E-state index contributed by atoms with van der Waals surface area (Å²) in [6.07, 6.45) is 1.07. The highest BCUT2D eigenvalue weighted by atomic mass is 28.3. The van der Waals surface area contributed by atoms with Gasteiger partial charge in [-0.2, -0.15) is 5.10 Å². The molecule has 1 amide bonds. The number of phenols is 1. The highest BCUT2D eigenvalue weighted by Gasteiger charge is 2.57. The Bertz CT molecular complexity index is 955. The van der Waals surface area contributed by atoms with Gasteiger partial charge in [-0.25, -0.2) is 5.43 Å². The number of ether oxygens (including phenoxy) is 2. The van der Waals surface area contributed by atoms with Gasteiger partial charge in [-0.15, -0.1) is 0 Å². The van der Waals surface area contributed by atoms with Crippen molar-refractivity contribution in [3.63, 3.8) is 0 Å². The molecule has 3 aliphatic rings. The minimum Gasteiger partial charge on any atom is -0.508 e. The van der Waals surface area contributed by atoms with E-state index >= 15 is 0 Å². The molecule has 8 nitrogen and oxygen atoms in total. The number of benzene rings is 1. The van der Waals surface area contributed by atoms with Crippen molar-refractivity contribution in [1.82, 2.24) is 5.43 Å². The quantitative estimate of drug-likeness (QED) is 0.338. The normalized spacial score (nSPS) is 24.8. The van der Waals surface area contributed by atoms with Gasteiger partial charge in [-0.05, 0) is 42.1 Å². The number of esters is 2. The van der Waals surface area contributed by atoms with Gasteiger partial charge in [0.1, 0.15) is 5.75 Å². The maximum absolute atomic E-state index is 13.3. The van der Waals surface area contributed by atoms with Crippen LogP contribution >= 0.6 is 0 Å². The zero-order chi connectivity index (χ0) is 24.3. The van der Waals surface area contributed by atoms with E-state index in [1.54, 1.807) is 18.2 Å². The second kappa shape index (κ2) is 10.1. The third-order valence-electron chi connectivity index (χ3n) is 6.22. The third kappa shape index (κ3) is 5.63. The number of aromatic hydroxyl groups is 1. The molecule has 9 heteroatoms. The molecule has 0 aliphatic heterocycles.